The van der Waals surface area contributed by atoms with Crippen molar-refractivity contribution in [1.29, 1.82) is 5.26 Å². The molecule has 0 amide bonds. The molecule has 5 nitrogen and oxygen atoms in total. The van der Waals surface area contributed by atoms with Crippen molar-refractivity contribution in [3.8, 4) is 11.8 Å². The second-order valence-corrected chi connectivity index (χ2v) is 5.45. The van der Waals surface area contributed by atoms with Gasteiger partial charge in [0.15, 0.2) is 0 Å². The molecule has 1 aromatic heterocycles. The van der Waals surface area contributed by atoms with Gasteiger partial charge in [0.05, 0.1) is 23.4 Å². The molecular formula is C15H15N3O2S. The van der Waals surface area contributed by atoms with Crippen molar-refractivity contribution in [2.75, 3.05) is 6.26 Å². The number of nitriles is 1. The summed E-state index contributed by atoms with van der Waals surface area (Å²) >= 11 is 1.50. The summed E-state index contributed by atoms with van der Waals surface area (Å²) in [5.74, 6) is -0.890. The average molecular weight is 301 g/mol. The van der Waals surface area contributed by atoms with Gasteiger partial charge in [0.1, 0.15) is 6.07 Å². The molecule has 1 N–H and O–H groups in total. The normalized spacial score (nSPS) is 10.4. The fraction of sp³-hybridized carbons (Fsp3) is 0.267. The van der Waals surface area contributed by atoms with Gasteiger partial charge >= 0.3 is 5.97 Å². The molecule has 1 heterocycles. The molecule has 0 saturated carbocycles. The number of carboxylic acid groups (broad SMARTS) is 1. The molecule has 0 radical (unpaired) electrons. The monoisotopic (exact) mass is 301 g/mol. The third-order valence-corrected chi connectivity index (χ3v) is 4.11. The van der Waals surface area contributed by atoms with E-state index in [1.807, 2.05) is 31.4 Å². The Morgan fingerprint density at radius 1 is 1.48 bits per heavy atom. The van der Waals surface area contributed by atoms with Crippen LogP contribution in [0.1, 0.15) is 22.5 Å². The lowest BCUT2D eigenvalue weighted by molar-refractivity contribution is -0.136. The molecule has 0 spiro atoms. The first-order chi connectivity index (χ1) is 9.99. The molecular weight excluding hydrogens is 286 g/mol. The quantitative estimate of drug-likeness (QED) is 0.878. The van der Waals surface area contributed by atoms with Crippen LogP contribution < -0.4 is 0 Å². The summed E-state index contributed by atoms with van der Waals surface area (Å²) in [6.45, 7) is 3.61. The van der Waals surface area contributed by atoms with E-state index < -0.39 is 5.97 Å². The first-order valence-electron chi connectivity index (χ1n) is 6.34. The number of nitrogens with zero attached hydrogens (tertiary/aromatic N) is 3. The van der Waals surface area contributed by atoms with Crippen LogP contribution in [0, 0.1) is 25.2 Å². The maximum absolute atomic E-state index is 10.9. The van der Waals surface area contributed by atoms with E-state index in [1.54, 1.807) is 11.6 Å². The van der Waals surface area contributed by atoms with Gasteiger partial charge in [0, 0.05) is 16.2 Å². The van der Waals surface area contributed by atoms with Crippen LogP contribution in [0.15, 0.2) is 23.1 Å². The van der Waals surface area contributed by atoms with E-state index in [2.05, 4.69) is 11.2 Å². The van der Waals surface area contributed by atoms with E-state index in [4.69, 9.17) is 5.11 Å². The molecule has 0 fully saturated rings. The molecule has 21 heavy (non-hydrogen) atoms. The Bertz CT molecular complexity index is 744. The van der Waals surface area contributed by atoms with Crippen molar-refractivity contribution in [1.82, 2.24) is 9.78 Å². The average Bonchev–Trinajstić information content (AvgIpc) is 2.73. The van der Waals surface area contributed by atoms with Crippen molar-refractivity contribution < 1.29 is 9.90 Å². The summed E-state index contributed by atoms with van der Waals surface area (Å²) in [6, 6.07) is 7.79. The van der Waals surface area contributed by atoms with Crippen LogP contribution >= 0.6 is 11.8 Å². The molecule has 0 bridgehead atoms. The minimum atomic E-state index is -0.890. The third-order valence-electron chi connectivity index (χ3n) is 3.33. The maximum Gasteiger partial charge on any atom is 0.307 e. The number of thioether (sulfide) groups is 1. The summed E-state index contributed by atoms with van der Waals surface area (Å²) in [7, 11) is 0. The van der Waals surface area contributed by atoms with Gasteiger partial charge in [-0.3, -0.25) is 4.79 Å². The van der Waals surface area contributed by atoms with Crippen LogP contribution in [0.2, 0.25) is 0 Å². The van der Waals surface area contributed by atoms with E-state index in [-0.39, 0.29) is 6.42 Å². The second kappa shape index (κ2) is 6.02. The Morgan fingerprint density at radius 3 is 2.76 bits per heavy atom. The second-order valence-electron chi connectivity index (χ2n) is 4.60. The maximum atomic E-state index is 10.9. The van der Waals surface area contributed by atoms with Gasteiger partial charge in [-0.05, 0) is 32.2 Å². The van der Waals surface area contributed by atoms with Crippen LogP contribution in [0.4, 0.5) is 0 Å². The van der Waals surface area contributed by atoms with Crippen molar-refractivity contribution >= 4 is 17.7 Å². The molecule has 0 aliphatic heterocycles. The Kier molecular flexibility index (Phi) is 4.34. The van der Waals surface area contributed by atoms with Crippen LogP contribution in [-0.2, 0) is 11.2 Å². The highest BCUT2D eigenvalue weighted by Gasteiger charge is 2.18. The lowest BCUT2D eigenvalue weighted by Crippen LogP contribution is -2.05. The number of carboxylic acids is 1. The fourth-order valence-corrected chi connectivity index (χ4v) is 2.86. The lowest BCUT2D eigenvalue weighted by Gasteiger charge is -2.09. The largest absolute Gasteiger partial charge is 0.481 e. The van der Waals surface area contributed by atoms with E-state index >= 15 is 0 Å². The van der Waals surface area contributed by atoms with Crippen molar-refractivity contribution in [2.24, 2.45) is 0 Å². The molecule has 0 aliphatic rings. The number of aliphatic carboxylic acids is 1. The Balaban J connectivity index is 2.64. The molecule has 0 unspecified atom stereocenters. The molecule has 2 rings (SSSR count). The van der Waals surface area contributed by atoms with Crippen molar-refractivity contribution in [2.45, 2.75) is 25.2 Å². The van der Waals surface area contributed by atoms with Gasteiger partial charge in [-0.15, -0.1) is 11.8 Å². The number of benzene rings is 1. The number of aryl methyl sites for hydroxylation is 1. The zero-order valence-corrected chi connectivity index (χ0v) is 12.9. The van der Waals surface area contributed by atoms with Gasteiger partial charge in [-0.2, -0.15) is 10.4 Å². The Hall–Kier alpha value is -2.26. The summed E-state index contributed by atoms with van der Waals surface area (Å²) in [5, 5.41) is 22.8. The first kappa shape index (κ1) is 15.1. The predicted octanol–water partition coefficient (Wildman–Crippen LogP) is 2.71. The SMILES string of the molecule is CSc1cccc(-n2nc(C)c(CC(=O)O)c2C)c1C#N. The van der Waals surface area contributed by atoms with Crippen LogP contribution in [-0.4, -0.2) is 27.1 Å². The van der Waals surface area contributed by atoms with E-state index in [9.17, 15) is 10.1 Å². The number of rotatable bonds is 4. The Morgan fingerprint density at radius 2 is 2.19 bits per heavy atom. The Labute approximate surface area is 127 Å². The predicted molar refractivity (Wildman–Crippen MR) is 80.9 cm³/mol. The van der Waals surface area contributed by atoms with Crippen LogP contribution in [0.3, 0.4) is 0 Å². The third kappa shape index (κ3) is 2.78. The minimum Gasteiger partial charge on any atom is -0.481 e. The summed E-state index contributed by atoms with van der Waals surface area (Å²) in [6.07, 6.45) is 1.85. The van der Waals surface area contributed by atoms with Gasteiger partial charge in [0.25, 0.3) is 0 Å². The van der Waals surface area contributed by atoms with Crippen LogP contribution in [0.25, 0.3) is 5.69 Å². The minimum absolute atomic E-state index is 0.0677. The highest BCUT2D eigenvalue weighted by molar-refractivity contribution is 7.98. The zero-order chi connectivity index (χ0) is 15.6. The number of hydrogen-bond acceptors (Lipinski definition) is 4. The first-order valence-corrected chi connectivity index (χ1v) is 7.56. The fourth-order valence-electron chi connectivity index (χ4n) is 2.30. The highest BCUT2D eigenvalue weighted by Crippen LogP contribution is 2.27. The smallest absolute Gasteiger partial charge is 0.307 e. The molecule has 6 heteroatoms. The highest BCUT2D eigenvalue weighted by atomic mass is 32.2. The lowest BCUT2D eigenvalue weighted by atomic mass is 10.1. The van der Waals surface area contributed by atoms with Crippen molar-refractivity contribution in [3.05, 3.63) is 40.7 Å². The molecule has 1 aromatic carbocycles. The summed E-state index contributed by atoms with van der Waals surface area (Å²) < 4.78 is 1.66. The van der Waals surface area contributed by atoms with Gasteiger partial charge < -0.3 is 5.11 Å². The molecule has 0 saturated heterocycles. The van der Waals surface area contributed by atoms with Crippen molar-refractivity contribution in [3.63, 3.8) is 0 Å². The molecule has 0 aliphatic carbocycles. The molecule has 0 atom stereocenters. The van der Waals surface area contributed by atoms with Gasteiger partial charge in [-0.25, -0.2) is 4.68 Å². The number of aromatic nitrogens is 2. The number of hydrogen-bond donors (Lipinski definition) is 1. The standard InChI is InChI=1S/C15H15N3O2S/c1-9-11(7-15(19)20)10(2)18(17-9)13-5-4-6-14(21-3)12(13)8-16/h4-6H,7H2,1-3H3,(H,19,20). The summed E-state index contributed by atoms with van der Waals surface area (Å²) in [4.78, 5) is 11.8. The number of carbonyl (C=O) groups is 1. The van der Waals surface area contributed by atoms with Crippen LogP contribution in [0.5, 0.6) is 0 Å². The topological polar surface area (TPSA) is 78.9 Å². The molecule has 108 valence electrons. The summed E-state index contributed by atoms with van der Waals surface area (Å²) in [5.41, 5.74) is 3.36. The molecule has 2 aromatic rings. The van der Waals surface area contributed by atoms with E-state index in [1.165, 1.54) is 11.8 Å². The van der Waals surface area contributed by atoms with Gasteiger partial charge in [0.2, 0.25) is 0 Å². The zero-order valence-electron chi connectivity index (χ0n) is 12.0. The van der Waals surface area contributed by atoms with E-state index in [0.29, 0.717) is 22.5 Å². The van der Waals surface area contributed by atoms with Gasteiger partial charge in [-0.1, -0.05) is 6.07 Å². The van der Waals surface area contributed by atoms with E-state index in [0.717, 1.165) is 10.6 Å².